The van der Waals surface area contributed by atoms with Crippen molar-refractivity contribution in [3.63, 3.8) is 0 Å². The van der Waals surface area contributed by atoms with Gasteiger partial charge in [0.2, 0.25) is 5.91 Å². The van der Waals surface area contributed by atoms with Gasteiger partial charge in [-0.25, -0.2) is 9.97 Å². The Balaban J connectivity index is 1.43. The van der Waals surface area contributed by atoms with Crippen LogP contribution < -0.4 is 20.7 Å². The summed E-state index contributed by atoms with van der Waals surface area (Å²) < 4.78 is 5.43. The van der Waals surface area contributed by atoms with E-state index in [1.807, 2.05) is 54.6 Å². The third-order valence-corrected chi connectivity index (χ3v) is 5.10. The maximum Gasteiger partial charge on any atom is 0.241 e. The van der Waals surface area contributed by atoms with Crippen molar-refractivity contribution in [2.45, 2.75) is 25.3 Å². The fraction of sp³-hybridized carbons (Fsp3) is 0.261. The molecule has 0 radical (unpaired) electrons. The number of piperidine rings is 1. The average molecular weight is 403 g/mol. The summed E-state index contributed by atoms with van der Waals surface area (Å²) in [6, 6.07) is 17.1. The lowest BCUT2D eigenvalue weighted by atomic mass is 10.0. The number of carbonyl (C=O) groups is 1. The van der Waals surface area contributed by atoms with Crippen LogP contribution in [0.3, 0.4) is 0 Å². The number of amides is 1. The van der Waals surface area contributed by atoms with Crippen LogP contribution in [-0.4, -0.2) is 35.6 Å². The summed E-state index contributed by atoms with van der Waals surface area (Å²) in [5.41, 5.74) is 3.32. The summed E-state index contributed by atoms with van der Waals surface area (Å²) in [5.74, 6) is 1.46. The Hall–Kier alpha value is -3.45. The van der Waals surface area contributed by atoms with E-state index in [1.54, 1.807) is 7.11 Å². The molecule has 3 N–H and O–H groups in total. The van der Waals surface area contributed by atoms with E-state index in [-0.39, 0.29) is 11.9 Å². The van der Waals surface area contributed by atoms with Gasteiger partial charge in [0.05, 0.1) is 18.8 Å². The predicted octanol–water partition coefficient (Wildman–Crippen LogP) is 3.98. The Labute approximate surface area is 175 Å². The topological polar surface area (TPSA) is 88.2 Å². The molecule has 1 atom stereocenters. The molecule has 0 aliphatic carbocycles. The van der Waals surface area contributed by atoms with E-state index in [0.717, 1.165) is 54.2 Å². The summed E-state index contributed by atoms with van der Waals surface area (Å²) in [6.07, 6.45) is 4.62. The van der Waals surface area contributed by atoms with Crippen molar-refractivity contribution in [1.29, 1.82) is 0 Å². The third-order valence-electron chi connectivity index (χ3n) is 5.10. The summed E-state index contributed by atoms with van der Waals surface area (Å²) in [5, 5.41) is 9.52. The summed E-state index contributed by atoms with van der Waals surface area (Å²) in [7, 11) is 1.64. The van der Waals surface area contributed by atoms with Gasteiger partial charge in [0.1, 0.15) is 17.9 Å². The second-order valence-electron chi connectivity index (χ2n) is 7.18. The van der Waals surface area contributed by atoms with Gasteiger partial charge in [0.15, 0.2) is 0 Å². The fourth-order valence-corrected chi connectivity index (χ4v) is 3.52. The molecular formula is C23H25N5O2. The monoisotopic (exact) mass is 403 g/mol. The summed E-state index contributed by atoms with van der Waals surface area (Å²) in [6.45, 7) is 0.900. The van der Waals surface area contributed by atoms with Crippen LogP contribution in [0.2, 0.25) is 0 Å². The standard InChI is InChI=1S/C23H25N5O2/c1-30-21-8-3-2-6-18(21)20-14-22(26-15-25-20)27-16-9-11-17(12-10-16)28-23(29)19-7-4-5-13-24-19/h2-3,6,8-12,14-15,19,24H,4-5,7,13H2,1H3,(H,28,29)(H,25,26,27)/t19-/m1/s1. The molecule has 4 rings (SSSR count). The molecule has 0 saturated carbocycles. The molecule has 1 saturated heterocycles. The first-order valence-electron chi connectivity index (χ1n) is 10.1. The number of nitrogens with zero attached hydrogens (tertiary/aromatic N) is 2. The van der Waals surface area contributed by atoms with Crippen molar-refractivity contribution < 1.29 is 9.53 Å². The highest BCUT2D eigenvalue weighted by molar-refractivity contribution is 5.95. The molecule has 1 fully saturated rings. The quantitative estimate of drug-likeness (QED) is 0.577. The molecule has 154 valence electrons. The maximum atomic E-state index is 12.4. The van der Waals surface area contributed by atoms with Gasteiger partial charge in [-0.2, -0.15) is 0 Å². The van der Waals surface area contributed by atoms with Crippen molar-refractivity contribution in [2.75, 3.05) is 24.3 Å². The van der Waals surface area contributed by atoms with Gasteiger partial charge in [-0.3, -0.25) is 4.79 Å². The molecule has 2 aromatic carbocycles. The highest BCUT2D eigenvalue weighted by Gasteiger charge is 2.20. The van der Waals surface area contributed by atoms with Crippen LogP contribution in [0.15, 0.2) is 60.9 Å². The van der Waals surface area contributed by atoms with Crippen LogP contribution in [0.1, 0.15) is 19.3 Å². The normalized spacial score (nSPS) is 16.0. The zero-order valence-electron chi connectivity index (χ0n) is 16.9. The van der Waals surface area contributed by atoms with Crippen molar-refractivity contribution in [3.05, 3.63) is 60.9 Å². The minimum absolute atomic E-state index is 0.0210. The lowest BCUT2D eigenvalue weighted by molar-refractivity contribution is -0.118. The lowest BCUT2D eigenvalue weighted by Gasteiger charge is -2.22. The number of anilines is 3. The molecule has 1 aliphatic heterocycles. The Morgan fingerprint density at radius 2 is 1.87 bits per heavy atom. The number of hydrogen-bond donors (Lipinski definition) is 3. The van der Waals surface area contributed by atoms with Gasteiger partial charge in [-0.05, 0) is 55.8 Å². The van der Waals surface area contributed by atoms with E-state index < -0.39 is 0 Å². The number of hydrogen-bond acceptors (Lipinski definition) is 6. The van der Waals surface area contributed by atoms with E-state index >= 15 is 0 Å². The van der Waals surface area contributed by atoms with Crippen LogP contribution in [-0.2, 0) is 4.79 Å². The minimum atomic E-state index is -0.106. The number of para-hydroxylation sites is 1. The van der Waals surface area contributed by atoms with Gasteiger partial charge >= 0.3 is 0 Å². The first kappa shape index (κ1) is 19.8. The van der Waals surface area contributed by atoms with Gasteiger partial charge in [-0.1, -0.05) is 18.6 Å². The zero-order chi connectivity index (χ0) is 20.8. The first-order chi connectivity index (χ1) is 14.7. The van der Waals surface area contributed by atoms with Crippen LogP contribution >= 0.6 is 0 Å². The van der Waals surface area contributed by atoms with Crippen molar-refractivity contribution >= 4 is 23.1 Å². The second kappa shape index (κ2) is 9.37. The van der Waals surface area contributed by atoms with Gasteiger partial charge in [0.25, 0.3) is 0 Å². The van der Waals surface area contributed by atoms with E-state index in [1.165, 1.54) is 6.33 Å². The molecule has 2 heterocycles. The Bertz CT molecular complexity index is 1000. The largest absolute Gasteiger partial charge is 0.496 e. The molecule has 3 aromatic rings. The smallest absolute Gasteiger partial charge is 0.241 e. The first-order valence-corrected chi connectivity index (χ1v) is 10.1. The third kappa shape index (κ3) is 4.75. The van der Waals surface area contributed by atoms with Crippen molar-refractivity contribution in [2.24, 2.45) is 0 Å². The molecule has 7 heteroatoms. The van der Waals surface area contributed by atoms with Crippen LogP contribution in [0.25, 0.3) is 11.3 Å². The maximum absolute atomic E-state index is 12.4. The van der Waals surface area contributed by atoms with Crippen molar-refractivity contribution in [3.8, 4) is 17.0 Å². The van der Waals surface area contributed by atoms with Crippen LogP contribution in [0, 0.1) is 0 Å². The lowest BCUT2D eigenvalue weighted by Crippen LogP contribution is -2.43. The van der Waals surface area contributed by atoms with E-state index in [4.69, 9.17) is 4.74 Å². The summed E-state index contributed by atoms with van der Waals surface area (Å²) >= 11 is 0. The van der Waals surface area contributed by atoms with E-state index in [0.29, 0.717) is 5.82 Å². The minimum Gasteiger partial charge on any atom is -0.496 e. The molecule has 1 aliphatic rings. The Morgan fingerprint density at radius 3 is 2.63 bits per heavy atom. The molecule has 1 amide bonds. The number of aromatic nitrogens is 2. The number of carbonyl (C=O) groups excluding carboxylic acids is 1. The Morgan fingerprint density at radius 1 is 1.07 bits per heavy atom. The molecule has 0 unspecified atom stereocenters. The van der Waals surface area contributed by atoms with Crippen LogP contribution in [0.5, 0.6) is 5.75 Å². The van der Waals surface area contributed by atoms with Gasteiger partial charge in [-0.15, -0.1) is 0 Å². The SMILES string of the molecule is COc1ccccc1-c1cc(Nc2ccc(NC(=O)[C@H]3CCCCN3)cc2)ncn1. The summed E-state index contributed by atoms with van der Waals surface area (Å²) in [4.78, 5) is 21.0. The number of methoxy groups -OCH3 is 1. The molecule has 1 aromatic heterocycles. The number of benzene rings is 2. The number of nitrogens with one attached hydrogen (secondary N) is 3. The Kier molecular flexibility index (Phi) is 6.20. The molecule has 0 spiro atoms. The molecule has 30 heavy (non-hydrogen) atoms. The van der Waals surface area contributed by atoms with Crippen LogP contribution in [0.4, 0.5) is 17.2 Å². The zero-order valence-corrected chi connectivity index (χ0v) is 16.9. The molecule has 7 nitrogen and oxygen atoms in total. The average Bonchev–Trinajstić information content (AvgIpc) is 2.81. The van der Waals surface area contributed by atoms with Gasteiger partial charge < -0.3 is 20.7 Å². The highest BCUT2D eigenvalue weighted by atomic mass is 16.5. The number of ether oxygens (including phenoxy) is 1. The number of rotatable bonds is 6. The predicted molar refractivity (Wildman–Crippen MR) is 118 cm³/mol. The van der Waals surface area contributed by atoms with Crippen molar-refractivity contribution in [1.82, 2.24) is 15.3 Å². The van der Waals surface area contributed by atoms with E-state index in [9.17, 15) is 4.79 Å². The highest BCUT2D eigenvalue weighted by Crippen LogP contribution is 2.29. The fourth-order valence-electron chi connectivity index (χ4n) is 3.52. The van der Waals surface area contributed by atoms with E-state index in [2.05, 4.69) is 25.9 Å². The van der Waals surface area contributed by atoms with Gasteiger partial charge in [0, 0.05) is 23.0 Å². The molecule has 0 bridgehead atoms. The molecular weight excluding hydrogens is 378 g/mol. The second-order valence-corrected chi connectivity index (χ2v) is 7.18.